The van der Waals surface area contributed by atoms with Gasteiger partial charge in [0.2, 0.25) is 0 Å². The molecule has 0 aliphatic carbocycles. The number of hydrogen-bond donors (Lipinski definition) is 1. The van der Waals surface area contributed by atoms with Crippen LogP contribution in [0.1, 0.15) is 36.3 Å². The second kappa shape index (κ2) is 9.82. The molecule has 0 bridgehead atoms. The van der Waals surface area contributed by atoms with Crippen LogP contribution >= 0.6 is 11.3 Å². The van der Waals surface area contributed by atoms with Gasteiger partial charge in [0.1, 0.15) is 12.4 Å². The van der Waals surface area contributed by atoms with E-state index in [0.29, 0.717) is 24.5 Å². The van der Waals surface area contributed by atoms with Gasteiger partial charge in [0, 0.05) is 31.6 Å². The van der Waals surface area contributed by atoms with Crippen LogP contribution < -0.4 is 10.1 Å². The minimum absolute atomic E-state index is 0.104. The highest BCUT2D eigenvalue weighted by molar-refractivity contribution is 7.07. The molecule has 1 aliphatic heterocycles. The molecule has 2 aromatic rings. The van der Waals surface area contributed by atoms with Crippen LogP contribution in [0.4, 0.5) is 0 Å². The van der Waals surface area contributed by atoms with E-state index in [1.807, 2.05) is 23.6 Å². The highest BCUT2D eigenvalue weighted by Crippen LogP contribution is 2.19. The third-order valence-electron chi connectivity index (χ3n) is 4.42. The van der Waals surface area contributed by atoms with Gasteiger partial charge in [-0.05, 0) is 32.4 Å². The topological polar surface area (TPSA) is 63.7 Å². The van der Waals surface area contributed by atoms with Crippen LogP contribution in [-0.4, -0.2) is 54.2 Å². The third-order valence-corrected chi connectivity index (χ3v) is 5.06. The molecule has 0 radical (unpaired) electrons. The van der Waals surface area contributed by atoms with Crippen molar-refractivity contribution in [1.29, 1.82) is 0 Å². The van der Waals surface area contributed by atoms with Crippen molar-refractivity contribution in [3.05, 3.63) is 46.4 Å². The van der Waals surface area contributed by atoms with Gasteiger partial charge in [0.25, 0.3) is 5.91 Å². The van der Waals surface area contributed by atoms with E-state index in [9.17, 15) is 4.79 Å². The lowest BCUT2D eigenvalue weighted by atomic mass is 10.2. The summed E-state index contributed by atoms with van der Waals surface area (Å²) < 4.78 is 11.5. The molecule has 1 N–H and O–H groups in total. The van der Waals surface area contributed by atoms with Gasteiger partial charge < -0.3 is 14.8 Å². The average molecular weight is 390 g/mol. The molecule has 0 saturated carbocycles. The van der Waals surface area contributed by atoms with Crippen molar-refractivity contribution < 1.29 is 14.3 Å². The quantitative estimate of drug-likeness (QED) is 0.704. The van der Waals surface area contributed by atoms with E-state index in [1.54, 1.807) is 11.6 Å². The summed E-state index contributed by atoms with van der Waals surface area (Å²) >= 11 is 1.53. The number of amides is 1. The monoisotopic (exact) mass is 389 g/mol. The number of rotatable bonds is 8. The molecule has 27 heavy (non-hydrogen) atoms. The van der Waals surface area contributed by atoms with E-state index in [2.05, 4.69) is 29.0 Å². The average Bonchev–Trinajstić information content (AvgIpc) is 3.16. The smallest absolute Gasteiger partial charge is 0.255 e. The van der Waals surface area contributed by atoms with Crippen LogP contribution in [0.2, 0.25) is 0 Å². The van der Waals surface area contributed by atoms with Gasteiger partial charge in [-0.25, -0.2) is 4.98 Å². The molecule has 2 unspecified atom stereocenters. The van der Waals surface area contributed by atoms with Gasteiger partial charge in [-0.2, -0.15) is 0 Å². The number of carbonyl (C=O) groups excluding carboxylic acids is 1. The van der Waals surface area contributed by atoms with Crippen molar-refractivity contribution in [3.63, 3.8) is 0 Å². The Balaban J connectivity index is 1.45. The Labute approximate surface area is 164 Å². The summed E-state index contributed by atoms with van der Waals surface area (Å²) in [7, 11) is 0. The molecular weight excluding hydrogens is 362 g/mol. The van der Waals surface area contributed by atoms with Gasteiger partial charge >= 0.3 is 0 Å². The Bertz CT molecular complexity index is 713. The second-order valence-electron chi connectivity index (χ2n) is 6.89. The fourth-order valence-corrected chi connectivity index (χ4v) is 3.85. The van der Waals surface area contributed by atoms with Gasteiger partial charge in [-0.15, -0.1) is 11.3 Å². The molecule has 1 aromatic heterocycles. The van der Waals surface area contributed by atoms with Crippen molar-refractivity contribution in [3.8, 4) is 5.75 Å². The van der Waals surface area contributed by atoms with E-state index < -0.39 is 0 Å². The van der Waals surface area contributed by atoms with Gasteiger partial charge in [-0.1, -0.05) is 12.1 Å². The summed E-state index contributed by atoms with van der Waals surface area (Å²) in [6.45, 7) is 8.07. The second-order valence-corrected chi connectivity index (χ2v) is 7.61. The van der Waals surface area contributed by atoms with E-state index in [-0.39, 0.29) is 18.1 Å². The molecule has 1 fully saturated rings. The van der Waals surface area contributed by atoms with Crippen LogP contribution in [0.25, 0.3) is 0 Å². The number of morpholine rings is 1. The van der Waals surface area contributed by atoms with Crippen molar-refractivity contribution in [2.24, 2.45) is 0 Å². The fraction of sp³-hybridized carbons (Fsp3) is 0.500. The van der Waals surface area contributed by atoms with E-state index in [0.717, 1.165) is 31.7 Å². The minimum atomic E-state index is -0.104. The summed E-state index contributed by atoms with van der Waals surface area (Å²) in [6, 6.07) is 7.32. The zero-order chi connectivity index (χ0) is 19.1. The fourth-order valence-electron chi connectivity index (χ4n) is 3.31. The Morgan fingerprint density at radius 2 is 2.11 bits per heavy atom. The first-order valence-electron chi connectivity index (χ1n) is 9.36. The molecule has 146 valence electrons. The zero-order valence-corrected chi connectivity index (χ0v) is 16.7. The molecule has 1 aliphatic rings. The maximum atomic E-state index is 12.5. The molecule has 7 heteroatoms. The summed E-state index contributed by atoms with van der Waals surface area (Å²) in [4.78, 5) is 19.1. The molecule has 3 rings (SSSR count). The maximum absolute atomic E-state index is 12.5. The van der Waals surface area contributed by atoms with E-state index in [1.165, 1.54) is 11.3 Å². The summed E-state index contributed by atoms with van der Waals surface area (Å²) in [5.74, 6) is 0.478. The Morgan fingerprint density at radius 1 is 1.33 bits per heavy atom. The lowest BCUT2D eigenvalue weighted by molar-refractivity contribution is -0.0680. The lowest BCUT2D eigenvalue weighted by Gasteiger charge is -2.35. The SMILES string of the molecule is CC1CN(CCCNC(=O)c2ccccc2OCc2cscn2)CC(C)O1. The number of benzene rings is 1. The molecule has 2 atom stereocenters. The number of nitrogens with one attached hydrogen (secondary N) is 1. The Kier molecular flexibility index (Phi) is 7.20. The Morgan fingerprint density at radius 3 is 2.85 bits per heavy atom. The highest BCUT2D eigenvalue weighted by atomic mass is 32.1. The van der Waals surface area contributed by atoms with Crippen molar-refractivity contribution >= 4 is 17.2 Å². The van der Waals surface area contributed by atoms with E-state index >= 15 is 0 Å². The molecule has 2 heterocycles. The third kappa shape index (κ3) is 6.02. The molecule has 1 aromatic carbocycles. The van der Waals surface area contributed by atoms with Gasteiger partial charge in [0.05, 0.1) is 29.0 Å². The van der Waals surface area contributed by atoms with Crippen LogP contribution in [-0.2, 0) is 11.3 Å². The number of thiazole rings is 1. The van der Waals surface area contributed by atoms with Gasteiger partial charge in [-0.3, -0.25) is 9.69 Å². The lowest BCUT2D eigenvalue weighted by Crippen LogP contribution is -2.46. The number of ether oxygens (including phenoxy) is 2. The van der Waals surface area contributed by atoms with Crippen molar-refractivity contribution in [1.82, 2.24) is 15.2 Å². The van der Waals surface area contributed by atoms with E-state index in [4.69, 9.17) is 9.47 Å². The first-order chi connectivity index (χ1) is 13.1. The van der Waals surface area contributed by atoms with Crippen molar-refractivity contribution in [2.75, 3.05) is 26.2 Å². The van der Waals surface area contributed by atoms with Gasteiger partial charge in [0.15, 0.2) is 0 Å². The summed E-state index contributed by atoms with van der Waals surface area (Å²) in [5, 5.41) is 4.94. The number of aromatic nitrogens is 1. The minimum Gasteiger partial charge on any atom is -0.486 e. The predicted octanol–water partition coefficient (Wildman–Crippen LogP) is 2.95. The molecule has 6 nitrogen and oxygen atoms in total. The largest absolute Gasteiger partial charge is 0.486 e. The summed E-state index contributed by atoms with van der Waals surface area (Å²) in [6.07, 6.45) is 1.45. The number of nitrogens with zero attached hydrogens (tertiary/aromatic N) is 2. The molecule has 1 amide bonds. The van der Waals surface area contributed by atoms with Crippen molar-refractivity contribution in [2.45, 2.75) is 39.1 Å². The first kappa shape index (κ1) is 19.8. The Hall–Kier alpha value is -1.96. The maximum Gasteiger partial charge on any atom is 0.255 e. The standard InChI is InChI=1S/C20H27N3O3S/c1-15-10-23(11-16(2)26-15)9-5-8-21-20(24)18-6-3-4-7-19(18)25-12-17-13-27-14-22-17/h3-4,6-7,13-16H,5,8-12H2,1-2H3,(H,21,24). The summed E-state index contributed by atoms with van der Waals surface area (Å²) in [5.41, 5.74) is 3.19. The van der Waals surface area contributed by atoms with Crippen LogP contribution in [0.15, 0.2) is 35.2 Å². The van der Waals surface area contributed by atoms with Crippen LogP contribution in [0.5, 0.6) is 5.75 Å². The number of carbonyl (C=O) groups is 1. The molecular formula is C20H27N3O3S. The first-order valence-corrected chi connectivity index (χ1v) is 10.3. The van der Waals surface area contributed by atoms with Crippen LogP contribution in [0.3, 0.4) is 0 Å². The predicted molar refractivity (Wildman–Crippen MR) is 106 cm³/mol. The number of para-hydroxylation sites is 1. The molecule has 1 saturated heterocycles. The highest BCUT2D eigenvalue weighted by Gasteiger charge is 2.21. The molecule has 0 spiro atoms. The number of hydrogen-bond acceptors (Lipinski definition) is 6. The van der Waals surface area contributed by atoms with Crippen LogP contribution in [0, 0.1) is 0 Å². The zero-order valence-electron chi connectivity index (χ0n) is 15.9. The normalized spacial score (nSPS) is 20.4.